The van der Waals surface area contributed by atoms with E-state index in [4.69, 9.17) is 0 Å². The van der Waals surface area contributed by atoms with Gasteiger partial charge >= 0.3 is 5.97 Å². The van der Waals surface area contributed by atoms with Gasteiger partial charge in [-0.2, -0.15) is 0 Å². The third-order valence-electron chi connectivity index (χ3n) is 8.65. The second-order valence-electron chi connectivity index (χ2n) is 11.8. The Hall–Kier alpha value is -2.94. The molecule has 0 bridgehead atoms. The molecule has 40 heavy (non-hydrogen) atoms. The summed E-state index contributed by atoms with van der Waals surface area (Å²) in [6.45, 7) is 1.51. The highest BCUT2D eigenvalue weighted by Gasteiger charge is 2.42. The quantitative estimate of drug-likeness (QED) is 0.261. The number of alkyl halides is 3. The Morgan fingerprint density at radius 1 is 1.12 bits per heavy atom. The number of carboxylic acid groups (broad SMARTS) is 1. The number of benzene rings is 2. The van der Waals surface area contributed by atoms with E-state index in [1.165, 1.54) is 29.2 Å². The van der Waals surface area contributed by atoms with Gasteiger partial charge in [0.2, 0.25) is 0 Å². The first kappa shape index (κ1) is 28.6. The van der Waals surface area contributed by atoms with Gasteiger partial charge in [0, 0.05) is 35.1 Å². The number of nitrogens with one attached hydrogen (secondary N) is 1. The van der Waals surface area contributed by atoms with Crippen molar-refractivity contribution < 1.29 is 31.9 Å². The van der Waals surface area contributed by atoms with Gasteiger partial charge in [-0.1, -0.05) is 12.5 Å². The molecule has 2 aromatic carbocycles. The molecule has 3 aromatic rings. The summed E-state index contributed by atoms with van der Waals surface area (Å²) in [7, 11) is 0. The van der Waals surface area contributed by atoms with Crippen LogP contribution in [0.5, 0.6) is 0 Å². The van der Waals surface area contributed by atoms with E-state index in [2.05, 4.69) is 4.98 Å². The second kappa shape index (κ2) is 11.1. The summed E-state index contributed by atoms with van der Waals surface area (Å²) in [6, 6.07) is 5.61. The van der Waals surface area contributed by atoms with Gasteiger partial charge in [-0.3, -0.25) is 9.29 Å². The van der Waals surface area contributed by atoms with Crippen molar-refractivity contribution in [2.45, 2.75) is 76.8 Å². The fourth-order valence-electron chi connectivity index (χ4n) is 6.91. The molecule has 4 nitrogen and oxygen atoms in total. The molecule has 5 rings (SSSR count). The zero-order chi connectivity index (χ0) is 28.8. The largest absolute Gasteiger partial charge is 0.478 e. The van der Waals surface area contributed by atoms with Crippen LogP contribution in [0.15, 0.2) is 30.3 Å². The fourth-order valence-corrected chi connectivity index (χ4v) is 6.91. The minimum Gasteiger partial charge on any atom is -0.478 e. The third kappa shape index (κ3) is 5.76. The number of rotatable bonds is 9. The van der Waals surface area contributed by atoms with Crippen molar-refractivity contribution in [1.82, 2.24) is 9.88 Å². The SMILES string of the molecule is C[C@@H]1Cc2c([nH]c3cc(C(=O)O)ccc23)[C@H](c2c(F)cc(C[C@H]3CCC(CCCF)C3)cc2F)N1CC(C)(F)F. The zero-order valence-electron chi connectivity index (χ0n) is 22.8. The number of carboxylic acids is 1. The van der Waals surface area contributed by atoms with Crippen molar-refractivity contribution in [3.05, 3.63) is 69.9 Å². The highest BCUT2D eigenvalue weighted by Crippen LogP contribution is 2.44. The molecule has 0 radical (unpaired) electrons. The Kier molecular flexibility index (Phi) is 7.97. The summed E-state index contributed by atoms with van der Waals surface area (Å²) in [5, 5.41) is 10.1. The fraction of sp³-hybridized carbons (Fsp3) is 0.516. The van der Waals surface area contributed by atoms with Crippen LogP contribution in [-0.4, -0.2) is 46.1 Å². The number of aromatic nitrogens is 1. The number of hydrogen-bond donors (Lipinski definition) is 2. The van der Waals surface area contributed by atoms with Crippen LogP contribution in [-0.2, 0) is 12.8 Å². The molecule has 1 saturated carbocycles. The maximum atomic E-state index is 15.9. The molecule has 1 unspecified atom stereocenters. The van der Waals surface area contributed by atoms with Crippen LogP contribution >= 0.6 is 0 Å². The molecule has 2 heterocycles. The van der Waals surface area contributed by atoms with Crippen LogP contribution in [0, 0.1) is 23.5 Å². The first-order valence-electron chi connectivity index (χ1n) is 14.0. The van der Waals surface area contributed by atoms with E-state index in [1.807, 2.05) is 0 Å². The van der Waals surface area contributed by atoms with Gasteiger partial charge in [-0.05, 0) is 92.7 Å². The molecule has 1 aliphatic heterocycles. The second-order valence-corrected chi connectivity index (χ2v) is 11.8. The Balaban J connectivity index is 1.53. The Morgan fingerprint density at radius 3 is 2.48 bits per heavy atom. The average molecular weight is 563 g/mol. The van der Waals surface area contributed by atoms with Crippen LogP contribution in [0.2, 0.25) is 0 Å². The van der Waals surface area contributed by atoms with E-state index in [0.29, 0.717) is 47.3 Å². The number of nitrogens with zero attached hydrogens (tertiary/aromatic N) is 1. The number of fused-ring (bicyclic) bond motifs is 3. The number of carbonyl (C=O) groups is 1. The number of aromatic carboxylic acids is 1. The first-order valence-corrected chi connectivity index (χ1v) is 14.0. The molecule has 0 saturated heterocycles. The summed E-state index contributed by atoms with van der Waals surface area (Å²) in [6.07, 6.45) is 5.05. The zero-order valence-corrected chi connectivity index (χ0v) is 22.8. The molecular formula is C31H35F5N2O2. The molecule has 216 valence electrons. The molecule has 9 heteroatoms. The minimum atomic E-state index is -3.11. The highest BCUT2D eigenvalue weighted by atomic mass is 19.3. The van der Waals surface area contributed by atoms with Crippen molar-refractivity contribution in [1.29, 1.82) is 0 Å². The van der Waals surface area contributed by atoms with Crippen molar-refractivity contribution in [3.8, 4) is 0 Å². The lowest BCUT2D eigenvalue weighted by Gasteiger charge is -2.42. The Morgan fingerprint density at radius 2 is 1.82 bits per heavy atom. The van der Waals surface area contributed by atoms with Crippen LogP contribution in [0.1, 0.15) is 84.7 Å². The predicted octanol–water partition coefficient (Wildman–Crippen LogP) is 7.84. The molecule has 0 amide bonds. The molecule has 1 aromatic heterocycles. The number of halogens is 5. The summed E-state index contributed by atoms with van der Waals surface area (Å²) in [4.78, 5) is 16.1. The van der Waals surface area contributed by atoms with E-state index < -0.39 is 42.2 Å². The van der Waals surface area contributed by atoms with E-state index in [0.717, 1.165) is 38.2 Å². The standard InChI is InChI=1S/C31H35F5N2O2/c1-17-10-23-22-8-7-21(30(39)40)15-26(22)37-28(23)29(38(17)16-31(2,35)36)27-24(33)13-20(14-25(27)34)12-19-6-5-18(11-19)4-3-9-32/h7-8,13-15,17-19,29,37H,3-6,9-12,16H2,1-2H3,(H,39,40)/t17-,18?,19+,29+/m1/s1. The van der Waals surface area contributed by atoms with E-state index in [-0.39, 0.29) is 23.7 Å². The molecule has 4 atom stereocenters. The molecule has 2 N–H and O–H groups in total. The van der Waals surface area contributed by atoms with Crippen LogP contribution < -0.4 is 0 Å². The van der Waals surface area contributed by atoms with Crippen molar-refractivity contribution in [2.24, 2.45) is 11.8 Å². The van der Waals surface area contributed by atoms with Crippen LogP contribution in [0.25, 0.3) is 10.9 Å². The van der Waals surface area contributed by atoms with Crippen LogP contribution in [0.3, 0.4) is 0 Å². The van der Waals surface area contributed by atoms with Crippen LogP contribution in [0.4, 0.5) is 22.0 Å². The van der Waals surface area contributed by atoms with Gasteiger partial charge in [-0.15, -0.1) is 0 Å². The molecule has 1 fully saturated rings. The lowest BCUT2D eigenvalue weighted by molar-refractivity contribution is -0.0374. The van der Waals surface area contributed by atoms with Gasteiger partial charge in [0.15, 0.2) is 0 Å². The lowest BCUT2D eigenvalue weighted by atomic mass is 9.86. The topological polar surface area (TPSA) is 56.3 Å². The Bertz CT molecular complexity index is 1380. The smallest absolute Gasteiger partial charge is 0.335 e. The molecular weight excluding hydrogens is 527 g/mol. The molecule has 2 aliphatic rings. The van der Waals surface area contributed by atoms with Gasteiger partial charge in [0.25, 0.3) is 5.92 Å². The predicted molar refractivity (Wildman–Crippen MR) is 144 cm³/mol. The first-order chi connectivity index (χ1) is 18.9. The maximum absolute atomic E-state index is 15.9. The maximum Gasteiger partial charge on any atom is 0.335 e. The number of hydrogen-bond acceptors (Lipinski definition) is 2. The summed E-state index contributed by atoms with van der Waals surface area (Å²) in [5.41, 5.74) is 1.90. The van der Waals surface area contributed by atoms with Gasteiger partial charge < -0.3 is 10.1 Å². The van der Waals surface area contributed by atoms with Crippen molar-refractivity contribution in [2.75, 3.05) is 13.2 Å². The highest BCUT2D eigenvalue weighted by molar-refractivity contribution is 5.95. The molecule has 0 spiro atoms. The summed E-state index contributed by atoms with van der Waals surface area (Å²) in [5.74, 6) is -5.11. The monoisotopic (exact) mass is 562 g/mol. The van der Waals surface area contributed by atoms with Crippen molar-refractivity contribution >= 4 is 16.9 Å². The van der Waals surface area contributed by atoms with Crippen molar-refractivity contribution in [3.63, 3.8) is 0 Å². The number of aromatic amines is 1. The van der Waals surface area contributed by atoms with Gasteiger partial charge in [-0.25, -0.2) is 22.4 Å². The minimum absolute atomic E-state index is 0.0493. The van der Waals surface area contributed by atoms with E-state index in [9.17, 15) is 23.1 Å². The van der Waals surface area contributed by atoms with E-state index >= 15 is 8.78 Å². The third-order valence-corrected chi connectivity index (χ3v) is 8.65. The van der Waals surface area contributed by atoms with E-state index in [1.54, 1.807) is 13.0 Å². The normalized spacial score (nSPS) is 23.6. The molecule has 1 aliphatic carbocycles. The lowest BCUT2D eigenvalue weighted by Crippen LogP contribution is -2.48. The summed E-state index contributed by atoms with van der Waals surface area (Å²) >= 11 is 0. The summed E-state index contributed by atoms with van der Waals surface area (Å²) < 4.78 is 73.1. The van der Waals surface area contributed by atoms with Gasteiger partial charge in [0.05, 0.1) is 24.8 Å². The Labute approximate surface area is 230 Å². The average Bonchev–Trinajstić information content (AvgIpc) is 3.46. The number of H-pyrrole nitrogens is 1. The van der Waals surface area contributed by atoms with Gasteiger partial charge in [0.1, 0.15) is 11.6 Å².